The van der Waals surface area contributed by atoms with Crippen LogP contribution >= 0.6 is 0 Å². The number of ketones is 1. The van der Waals surface area contributed by atoms with Gasteiger partial charge in [-0.3, -0.25) is 9.69 Å². The first-order valence-corrected chi connectivity index (χ1v) is 9.39. The van der Waals surface area contributed by atoms with Crippen LogP contribution in [0.1, 0.15) is 51.9 Å². The Morgan fingerprint density at radius 2 is 2.14 bits per heavy atom. The lowest BCUT2D eigenvalue weighted by molar-refractivity contribution is -0.159. The van der Waals surface area contributed by atoms with Crippen LogP contribution in [0.2, 0.25) is 0 Å². The van der Waals surface area contributed by atoms with Crippen LogP contribution in [-0.2, 0) is 4.79 Å². The van der Waals surface area contributed by atoms with E-state index in [1.165, 1.54) is 45.1 Å². The predicted octanol–water partition coefficient (Wildman–Crippen LogP) is 2.86. The first kappa shape index (κ1) is 11.2. The Bertz CT molecular complexity index is 615. The topological polar surface area (TPSA) is 20.3 Å². The highest BCUT2D eigenvalue weighted by molar-refractivity contribution is 5.84. The SMILES string of the molecule is C[C@@]12CCC[C@@]34[C@@H]1[C@@H]1C[C@@]56CC(=O)C(C[C@@H]5[C@H]3N1C2)C[C@H]64. The molecule has 0 radical (unpaired) electrons. The summed E-state index contributed by atoms with van der Waals surface area (Å²) in [6, 6.07) is 1.77. The third-order valence-corrected chi connectivity index (χ3v) is 10.0. The van der Waals surface area contributed by atoms with Crippen molar-refractivity contribution >= 4 is 5.78 Å². The molecule has 3 aliphatic heterocycles. The zero-order chi connectivity index (χ0) is 13.8. The normalized spacial score (nSPS) is 74.5. The number of carbonyl (C=O) groups excluding carboxylic acids is 1. The maximum Gasteiger partial charge on any atom is 0.136 e. The minimum absolute atomic E-state index is 0.465. The minimum atomic E-state index is 0.465. The van der Waals surface area contributed by atoms with E-state index in [2.05, 4.69) is 11.8 Å². The summed E-state index contributed by atoms with van der Waals surface area (Å²) in [6.45, 7) is 4.01. The number of rotatable bonds is 0. The fourth-order valence-electron chi connectivity index (χ4n) is 10.2. The average Bonchev–Trinajstić information content (AvgIpc) is 2.84. The molecule has 2 unspecified atom stereocenters. The van der Waals surface area contributed by atoms with Crippen molar-refractivity contribution in [2.24, 2.45) is 39.9 Å². The molecule has 2 heteroatoms. The first-order valence-electron chi connectivity index (χ1n) is 9.39. The van der Waals surface area contributed by atoms with Gasteiger partial charge in [-0.15, -0.1) is 0 Å². The summed E-state index contributed by atoms with van der Waals surface area (Å²) in [7, 11) is 0. The molecule has 9 aliphatic rings. The summed E-state index contributed by atoms with van der Waals surface area (Å²) >= 11 is 0. The van der Waals surface area contributed by atoms with Crippen LogP contribution in [0, 0.1) is 39.9 Å². The van der Waals surface area contributed by atoms with E-state index in [0.717, 1.165) is 36.3 Å². The third kappa shape index (κ3) is 0.813. The Morgan fingerprint density at radius 1 is 1.24 bits per heavy atom. The summed E-state index contributed by atoms with van der Waals surface area (Å²) in [5.41, 5.74) is 1.77. The fraction of sp³-hybridized carbons (Fsp3) is 0.947. The van der Waals surface area contributed by atoms with E-state index >= 15 is 0 Å². The predicted molar refractivity (Wildman–Crippen MR) is 78.5 cm³/mol. The van der Waals surface area contributed by atoms with Crippen LogP contribution in [0.25, 0.3) is 0 Å². The smallest absolute Gasteiger partial charge is 0.136 e. The van der Waals surface area contributed by atoms with Crippen LogP contribution in [-0.4, -0.2) is 29.3 Å². The van der Waals surface area contributed by atoms with Crippen molar-refractivity contribution in [1.82, 2.24) is 4.90 Å². The molecule has 6 aliphatic carbocycles. The Kier molecular flexibility index (Phi) is 1.48. The Hall–Kier alpha value is -0.370. The monoisotopic (exact) mass is 283 g/mol. The van der Waals surface area contributed by atoms with Gasteiger partial charge in [0, 0.05) is 31.0 Å². The highest BCUT2D eigenvalue weighted by atomic mass is 16.1. The van der Waals surface area contributed by atoms with E-state index < -0.39 is 0 Å². The van der Waals surface area contributed by atoms with Gasteiger partial charge in [-0.25, -0.2) is 0 Å². The Labute approximate surface area is 126 Å². The van der Waals surface area contributed by atoms with Crippen molar-refractivity contribution in [1.29, 1.82) is 0 Å². The summed E-state index contributed by atoms with van der Waals surface area (Å²) in [4.78, 5) is 15.5. The molecule has 21 heavy (non-hydrogen) atoms. The number of fused-ring (bicyclic) bond motifs is 1. The molecule has 0 N–H and O–H groups in total. The number of piperidine rings is 2. The molecule has 6 saturated carbocycles. The lowest BCUT2D eigenvalue weighted by Crippen LogP contribution is -2.59. The van der Waals surface area contributed by atoms with Gasteiger partial charge in [0.15, 0.2) is 0 Å². The molecule has 9 bridgehead atoms. The molecule has 0 aromatic heterocycles. The summed E-state index contributed by atoms with van der Waals surface area (Å²) in [5.74, 6) is 3.96. The van der Waals surface area contributed by atoms with Crippen molar-refractivity contribution < 1.29 is 4.79 Å². The number of hydrogen-bond donors (Lipinski definition) is 0. The molecule has 0 aromatic carbocycles. The van der Waals surface area contributed by atoms with E-state index in [1.54, 1.807) is 0 Å². The van der Waals surface area contributed by atoms with Crippen LogP contribution in [0.5, 0.6) is 0 Å². The van der Waals surface area contributed by atoms with E-state index in [4.69, 9.17) is 0 Å². The molecule has 9 rings (SSSR count). The van der Waals surface area contributed by atoms with Crippen LogP contribution in [0.4, 0.5) is 0 Å². The maximum absolute atomic E-state index is 12.5. The van der Waals surface area contributed by atoms with Crippen LogP contribution in [0.3, 0.4) is 0 Å². The lowest BCUT2D eigenvalue weighted by atomic mass is 9.41. The van der Waals surface area contributed by atoms with Gasteiger partial charge in [-0.05, 0) is 66.1 Å². The molecule has 2 nitrogen and oxygen atoms in total. The largest absolute Gasteiger partial charge is 0.299 e. The van der Waals surface area contributed by atoms with Crippen LogP contribution in [0.15, 0.2) is 0 Å². The molecular formula is C19H25NO. The Morgan fingerprint density at radius 3 is 3.05 bits per heavy atom. The van der Waals surface area contributed by atoms with E-state index in [1.807, 2.05) is 0 Å². The maximum atomic E-state index is 12.5. The molecule has 112 valence electrons. The van der Waals surface area contributed by atoms with Gasteiger partial charge in [-0.1, -0.05) is 13.3 Å². The van der Waals surface area contributed by atoms with Gasteiger partial charge < -0.3 is 0 Å². The third-order valence-electron chi connectivity index (χ3n) is 10.0. The van der Waals surface area contributed by atoms with Crippen molar-refractivity contribution in [3.05, 3.63) is 0 Å². The zero-order valence-electron chi connectivity index (χ0n) is 13.0. The molecule has 3 saturated heterocycles. The van der Waals surface area contributed by atoms with Crippen LogP contribution < -0.4 is 0 Å². The quantitative estimate of drug-likeness (QED) is 0.681. The number of carbonyl (C=O) groups is 1. The standard InChI is InChI=1S/C19H25NO/c1-17-3-2-4-19-14-6-10-5-11-16(19)20(9-17)12(15(17)19)7-18(11,14)8-13(10)21/h10-12,14-16H,2-9H2,1H3/t10?,11-,12+,14-,15-,16-,17+,18-,19-/m1/s1. The lowest BCUT2D eigenvalue weighted by Gasteiger charge is -2.62. The van der Waals surface area contributed by atoms with Gasteiger partial charge in [0.25, 0.3) is 0 Å². The second kappa shape index (κ2) is 2.77. The molecule has 0 aromatic rings. The second-order valence-electron chi connectivity index (χ2n) is 10.2. The number of nitrogens with zero attached hydrogens (tertiary/aromatic N) is 1. The van der Waals surface area contributed by atoms with Gasteiger partial charge in [0.05, 0.1) is 0 Å². The summed E-state index contributed by atoms with van der Waals surface area (Å²) < 4.78 is 0. The zero-order valence-corrected chi connectivity index (χ0v) is 13.0. The molecule has 3 heterocycles. The molecule has 2 spiro atoms. The highest BCUT2D eigenvalue weighted by Gasteiger charge is 2.86. The van der Waals surface area contributed by atoms with Gasteiger partial charge in [-0.2, -0.15) is 0 Å². The van der Waals surface area contributed by atoms with Crippen molar-refractivity contribution in [3.8, 4) is 0 Å². The van der Waals surface area contributed by atoms with Crippen molar-refractivity contribution in [2.45, 2.75) is 64.0 Å². The minimum Gasteiger partial charge on any atom is -0.299 e. The Balaban J connectivity index is 1.53. The van der Waals surface area contributed by atoms with Gasteiger partial charge >= 0.3 is 0 Å². The van der Waals surface area contributed by atoms with E-state index in [9.17, 15) is 4.79 Å². The van der Waals surface area contributed by atoms with Gasteiger partial charge in [0.1, 0.15) is 5.78 Å². The second-order valence-corrected chi connectivity index (χ2v) is 10.2. The molecule has 10 atom stereocenters. The van der Waals surface area contributed by atoms with Crippen molar-refractivity contribution in [2.75, 3.05) is 6.54 Å². The number of hydrogen-bond acceptors (Lipinski definition) is 2. The summed E-state index contributed by atoms with van der Waals surface area (Å²) in [6.07, 6.45) is 9.41. The van der Waals surface area contributed by atoms with E-state index in [-0.39, 0.29) is 0 Å². The molecular weight excluding hydrogens is 258 g/mol. The summed E-state index contributed by atoms with van der Waals surface area (Å²) in [5, 5.41) is 0. The van der Waals surface area contributed by atoms with Gasteiger partial charge in [0.2, 0.25) is 0 Å². The highest BCUT2D eigenvalue weighted by Crippen LogP contribution is 2.86. The van der Waals surface area contributed by atoms with Crippen molar-refractivity contribution in [3.63, 3.8) is 0 Å². The first-order chi connectivity index (χ1) is 10.1. The number of Topliss-reactive ketones (excluding diaryl/α,β-unsaturated/α-hetero) is 1. The molecule has 0 amide bonds. The van der Waals surface area contributed by atoms with E-state index in [0.29, 0.717) is 27.9 Å². The average molecular weight is 283 g/mol. The molecule has 9 fully saturated rings. The fourth-order valence-corrected chi connectivity index (χ4v) is 10.2.